The first kappa shape index (κ1) is 25.8. The third-order valence-corrected chi connectivity index (χ3v) is 9.04. The van der Waals surface area contributed by atoms with Crippen molar-refractivity contribution >= 4 is 22.9 Å². The largest absolute Gasteiger partial charge is 0.495 e. The van der Waals surface area contributed by atoms with Crippen molar-refractivity contribution in [3.05, 3.63) is 70.9 Å². The number of nitrogens with zero attached hydrogens (tertiary/aromatic N) is 2. The minimum absolute atomic E-state index is 0.0243. The second-order valence-electron chi connectivity index (χ2n) is 10.6. The van der Waals surface area contributed by atoms with Crippen molar-refractivity contribution in [2.75, 3.05) is 51.3 Å². The van der Waals surface area contributed by atoms with Crippen molar-refractivity contribution in [1.29, 1.82) is 0 Å². The SMILES string of the molecule is COc1ccccc1N1CCC2(CCN(CCCCNC(=O)c3ccc(-c4ccsc4)cc3)CC2)CC1. The van der Waals surface area contributed by atoms with Crippen LogP contribution in [0.1, 0.15) is 48.9 Å². The zero-order valence-electron chi connectivity index (χ0n) is 22.0. The van der Waals surface area contributed by atoms with Crippen LogP contribution in [-0.2, 0) is 0 Å². The van der Waals surface area contributed by atoms with Crippen LogP contribution in [0.25, 0.3) is 11.1 Å². The third-order valence-electron chi connectivity index (χ3n) is 8.35. The van der Waals surface area contributed by atoms with E-state index in [9.17, 15) is 4.79 Å². The van der Waals surface area contributed by atoms with Crippen molar-refractivity contribution < 1.29 is 9.53 Å². The minimum atomic E-state index is 0.0243. The number of piperidine rings is 2. The average Bonchev–Trinajstić information content (AvgIpc) is 3.50. The molecule has 0 aliphatic carbocycles. The smallest absolute Gasteiger partial charge is 0.251 e. The molecule has 5 rings (SSSR count). The number of methoxy groups -OCH3 is 1. The van der Waals surface area contributed by atoms with Gasteiger partial charge in [0.25, 0.3) is 5.91 Å². The monoisotopic (exact) mass is 517 g/mol. The molecule has 3 aromatic rings. The molecular formula is C31H39N3O2S. The number of nitrogens with one attached hydrogen (secondary N) is 1. The van der Waals surface area contributed by atoms with E-state index in [2.05, 4.69) is 50.1 Å². The van der Waals surface area contributed by atoms with Crippen molar-refractivity contribution in [2.24, 2.45) is 5.41 Å². The van der Waals surface area contributed by atoms with Gasteiger partial charge < -0.3 is 19.9 Å². The van der Waals surface area contributed by atoms with Gasteiger partial charge in [0, 0.05) is 25.2 Å². The van der Waals surface area contributed by atoms with E-state index in [0.29, 0.717) is 5.41 Å². The zero-order valence-corrected chi connectivity index (χ0v) is 22.8. The Kier molecular flexibility index (Phi) is 8.47. The number of likely N-dealkylation sites (tertiary alicyclic amines) is 1. The van der Waals surface area contributed by atoms with Gasteiger partial charge in [0.15, 0.2) is 0 Å². The molecule has 2 aromatic carbocycles. The molecule has 6 heteroatoms. The Morgan fingerprint density at radius 2 is 1.65 bits per heavy atom. The number of amides is 1. The Bertz CT molecular complexity index is 1130. The number of rotatable bonds is 9. The van der Waals surface area contributed by atoms with Crippen LogP contribution >= 0.6 is 11.3 Å². The lowest BCUT2D eigenvalue weighted by Crippen LogP contribution is -2.47. The van der Waals surface area contributed by atoms with E-state index in [4.69, 9.17) is 4.74 Å². The van der Waals surface area contributed by atoms with Crippen molar-refractivity contribution in [1.82, 2.24) is 10.2 Å². The third kappa shape index (κ3) is 6.36. The highest BCUT2D eigenvalue weighted by molar-refractivity contribution is 7.08. The molecule has 2 aliphatic heterocycles. The molecule has 5 nitrogen and oxygen atoms in total. The predicted molar refractivity (Wildman–Crippen MR) is 154 cm³/mol. The molecule has 1 spiro atoms. The quantitative estimate of drug-likeness (QED) is 0.338. The maximum atomic E-state index is 12.5. The Labute approximate surface area is 225 Å². The maximum Gasteiger partial charge on any atom is 0.251 e. The molecular weight excluding hydrogens is 478 g/mol. The normalized spacial score (nSPS) is 17.6. The molecule has 1 amide bonds. The summed E-state index contributed by atoms with van der Waals surface area (Å²) in [7, 11) is 1.76. The number of thiophene rings is 1. The van der Waals surface area contributed by atoms with E-state index in [1.165, 1.54) is 50.0 Å². The highest BCUT2D eigenvalue weighted by atomic mass is 32.1. The molecule has 2 aliphatic rings. The van der Waals surface area contributed by atoms with Crippen LogP contribution in [-0.4, -0.2) is 57.2 Å². The van der Waals surface area contributed by atoms with Gasteiger partial charge in [0.2, 0.25) is 0 Å². The first-order valence-electron chi connectivity index (χ1n) is 13.7. The van der Waals surface area contributed by atoms with Gasteiger partial charge >= 0.3 is 0 Å². The van der Waals surface area contributed by atoms with E-state index in [1.807, 2.05) is 30.3 Å². The van der Waals surface area contributed by atoms with Crippen LogP contribution in [0.4, 0.5) is 5.69 Å². The second-order valence-corrected chi connectivity index (χ2v) is 11.3. The van der Waals surface area contributed by atoms with Gasteiger partial charge in [-0.25, -0.2) is 0 Å². The number of hydrogen-bond donors (Lipinski definition) is 1. The molecule has 1 N–H and O–H groups in total. The lowest BCUT2D eigenvalue weighted by molar-refractivity contribution is 0.0787. The lowest BCUT2D eigenvalue weighted by atomic mass is 9.71. The van der Waals surface area contributed by atoms with Gasteiger partial charge in [-0.05, 0) is 116 Å². The Hall–Kier alpha value is -2.83. The van der Waals surface area contributed by atoms with Crippen molar-refractivity contribution in [3.63, 3.8) is 0 Å². The summed E-state index contributed by atoms with van der Waals surface area (Å²) in [5.74, 6) is 1.01. The Balaban J connectivity index is 0.979. The van der Waals surface area contributed by atoms with E-state index in [-0.39, 0.29) is 5.91 Å². The number of hydrogen-bond acceptors (Lipinski definition) is 5. The van der Waals surface area contributed by atoms with Gasteiger partial charge in [-0.3, -0.25) is 4.79 Å². The first-order chi connectivity index (χ1) is 18.2. The van der Waals surface area contributed by atoms with Crippen LogP contribution in [0.15, 0.2) is 65.4 Å². The standard InChI is InChI=1S/C31H39N3O2S/c1-36-29-7-3-2-6-28(29)34-21-15-31(16-22-34)13-19-33(20-14-31)18-5-4-17-32-30(35)26-10-8-25(9-11-26)27-12-23-37-24-27/h2-3,6-12,23-24H,4-5,13-22H2,1H3,(H,32,35). The second kappa shape index (κ2) is 12.1. The number of para-hydroxylation sites is 2. The van der Waals surface area contributed by atoms with Gasteiger partial charge in [-0.15, -0.1) is 0 Å². The number of anilines is 1. The first-order valence-corrected chi connectivity index (χ1v) is 14.6. The topological polar surface area (TPSA) is 44.8 Å². The van der Waals surface area contributed by atoms with Crippen LogP contribution in [0.2, 0.25) is 0 Å². The highest BCUT2D eigenvalue weighted by Gasteiger charge is 2.37. The number of benzene rings is 2. The summed E-state index contributed by atoms with van der Waals surface area (Å²) in [6.45, 7) is 6.53. The summed E-state index contributed by atoms with van der Waals surface area (Å²) < 4.78 is 5.59. The molecule has 1 aromatic heterocycles. The fraction of sp³-hybridized carbons (Fsp3) is 0.452. The number of carbonyl (C=O) groups is 1. The van der Waals surface area contributed by atoms with Gasteiger partial charge in [-0.1, -0.05) is 24.3 Å². The summed E-state index contributed by atoms with van der Waals surface area (Å²) in [5.41, 5.74) is 4.85. The number of ether oxygens (including phenoxy) is 1. The van der Waals surface area contributed by atoms with Crippen LogP contribution < -0.4 is 15.0 Å². The Morgan fingerprint density at radius 1 is 0.919 bits per heavy atom. The molecule has 2 fully saturated rings. The fourth-order valence-corrected chi connectivity index (χ4v) is 6.54. The number of carbonyl (C=O) groups excluding carboxylic acids is 1. The molecule has 0 unspecified atom stereocenters. The van der Waals surface area contributed by atoms with Crippen LogP contribution in [0.5, 0.6) is 5.75 Å². The lowest BCUT2D eigenvalue weighted by Gasteiger charge is -2.47. The summed E-state index contributed by atoms with van der Waals surface area (Å²) in [5, 5.41) is 7.30. The Morgan fingerprint density at radius 3 is 2.35 bits per heavy atom. The van der Waals surface area contributed by atoms with Gasteiger partial charge in [-0.2, -0.15) is 11.3 Å². The minimum Gasteiger partial charge on any atom is -0.495 e. The zero-order chi connectivity index (χ0) is 25.5. The van der Waals surface area contributed by atoms with Gasteiger partial charge in [0.05, 0.1) is 12.8 Å². The number of unbranched alkanes of at least 4 members (excludes halogenated alkanes) is 1. The molecule has 0 bridgehead atoms. The van der Waals surface area contributed by atoms with Crippen molar-refractivity contribution in [3.8, 4) is 16.9 Å². The summed E-state index contributed by atoms with van der Waals surface area (Å²) in [4.78, 5) is 17.6. The molecule has 196 valence electrons. The maximum absolute atomic E-state index is 12.5. The summed E-state index contributed by atoms with van der Waals surface area (Å²) in [6, 6.07) is 18.4. The van der Waals surface area contributed by atoms with Crippen molar-refractivity contribution in [2.45, 2.75) is 38.5 Å². The average molecular weight is 518 g/mol. The molecule has 37 heavy (non-hydrogen) atoms. The van der Waals surface area contributed by atoms with Gasteiger partial charge in [0.1, 0.15) is 5.75 Å². The van der Waals surface area contributed by atoms with E-state index in [1.54, 1.807) is 18.4 Å². The molecule has 0 atom stereocenters. The van der Waals surface area contributed by atoms with E-state index < -0.39 is 0 Å². The fourth-order valence-electron chi connectivity index (χ4n) is 5.87. The molecule has 0 saturated carbocycles. The van der Waals surface area contributed by atoms with E-state index >= 15 is 0 Å². The van der Waals surface area contributed by atoms with Crippen LogP contribution in [0.3, 0.4) is 0 Å². The highest BCUT2D eigenvalue weighted by Crippen LogP contribution is 2.43. The van der Waals surface area contributed by atoms with Crippen LogP contribution in [0, 0.1) is 5.41 Å². The van der Waals surface area contributed by atoms with E-state index in [0.717, 1.165) is 55.9 Å². The summed E-state index contributed by atoms with van der Waals surface area (Å²) >= 11 is 1.69. The molecule has 0 radical (unpaired) electrons. The summed E-state index contributed by atoms with van der Waals surface area (Å²) in [6.07, 6.45) is 7.33. The molecule has 2 saturated heterocycles. The molecule has 3 heterocycles. The predicted octanol–water partition coefficient (Wildman–Crippen LogP) is 6.32.